The van der Waals surface area contributed by atoms with Gasteiger partial charge in [0.2, 0.25) is 0 Å². The Hall–Kier alpha value is -0.0781. The van der Waals surface area contributed by atoms with Crippen LogP contribution in [0.2, 0.25) is 0 Å². The summed E-state index contributed by atoms with van der Waals surface area (Å²) in [5.41, 5.74) is 0. The first-order chi connectivity index (χ1) is 3.13. The van der Waals surface area contributed by atoms with Crippen LogP contribution >= 0.6 is 0 Å². The van der Waals surface area contributed by atoms with Crippen molar-refractivity contribution in [1.29, 1.82) is 0 Å². The number of carbonyl (C=O) groups excluding carboxylic acids is 1. The van der Waals surface area contributed by atoms with Gasteiger partial charge in [0.05, 0.1) is 0 Å². The molecule has 0 aromatic carbocycles. The van der Waals surface area contributed by atoms with Gasteiger partial charge in [0.15, 0.2) is 0 Å². The SMILES string of the molecule is [O]C(=O)[O][U](=[O])=[O]. The number of hydrogen-bond acceptors (Lipinski definition) is 4. The van der Waals surface area contributed by atoms with Gasteiger partial charge in [-0.15, -0.1) is 0 Å². The van der Waals surface area contributed by atoms with Crippen molar-refractivity contribution in [3.8, 4) is 0 Å². The minimum absolute atomic E-state index is 1.99. The summed E-state index contributed by atoms with van der Waals surface area (Å²) in [5, 5.41) is 9.13. The fourth-order valence-electron chi connectivity index (χ4n) is 0.0680. The summed E-state index contributed by atoms with van der Waals surface area (Å²) in [6.45, 7) is 0. The second kappa shape index (κ2) is 2.99. The first-order valence-corrected chi connectivity index (χ1v) is 6.32. The first-order valence-electron chi connectivity index (χ1n) is 1.22. The maximum atomic E-state index is 9.36. The second-order valence-corrected chi connectivity index (χ2v) is 3.53. The molecule has 0 aliphatic heterocycles. The molecule has 0 amide bonds. The van der Waals surface area contributed by atoms with Crippen LogP contribution in [-0.2, 0) is 11.8 Å². The number of carbonyl (C=O) groups is 1. The molecule has 0 saturated heterocycles. The molecule has 0 aliphatic carbocycles. The molecule has 0 spiro atoms. The van der Waals surface area contributed by atoms with Gasteiger partial charge in [0.1, 0.15) is 0 Å². The van der Waals surface area contributed by atoms with E-state index >= 15 is 0 Å². The second-order valence-electron chi connectivity index (χ2n) is 0.602. The van der Waals surface area contributed by atoms with E-state index in [1.54, 1.807) is 0 Å². The van der Waals surface area contributed by atoms with Gasteiger partial charge in [-0.2, -0.15) is 0 Å². The number of rotatable bonds is 1. The topological polar surface area (TPSA) is 80.3 Å². The van der Waals surface area contributed by atoms with Crippen LogP contribution in [0.5, 0.6) is 0 Å². The number of hydrogen-bond donors (Lipinski definition) is 0. The quantitative estimate of drug-likeness (QED) is 0.666. The molecular weight excluding hydrogens is 330 g/mol. The molecule has 0 rings (SSSR count). The Balaban J connectivity index is 3.53. The van der Waals surface area contributed by atoms with Crippen LogP contribution in [0.4, 0.5) is 4.79 Å². The zero-order chi connectivity index (χ0) is 5.86. The van der Waals surface area contributed by atoms with Gasteiger partial charge in [-0.1, -0.05) is 0 Å². The van der Waals surface area contributed by atoms with Gasteiger partial charge in [-0.25, -0.2) is 0 Å². The summed E-state index contributed by atoms with van der Waals surface area (Å²) in [7, 11) is 0. The molecule has 38 valence electrons. The molecule has 0 saturated carbocycles. The van der Waals surface area contributed by atoms with Crippen molar-refractivity contribution in [2.75, 3.05) is 0 Å². The Labute approximate surface area is 49.5 Å². The van der Waals surface area contributed by atoms with E-state index in [1.165, 1.54) is 0 Å². The maximum absolute atomic E-state index is 9.36. The molecule has 0 bridgehead atoms. The monoisotopic (exact) mass is 330 g/mol. The van der Waals surface area contributed by atoms with Crippen LogP contribution in [0, 0.1) is 26.6 Å². The summed E-state index contributed by atoms with van der Waals surface area (Å²) in [6, 6.07) is 0. The van der Waals surface area contributed by atoms with Crippen molar-refractivity contribution in [2.24, 2.45) is 0 Å². The van der Waals surface area contributed by atoms with E-state index in [1.807, 2.05) is 0 Å². The fourth-order valence-corrected chi connectivity index (χ4v) is 0.635. The van der Waals surface area contributed by atoms with Gasteiger partial charge >= 0.3 is 49.4 Å². The molecule has 7 heavy (non-hydrogen) atoms. The van der Waals surface area contributed by atoms with Crippen LogP contribution in [0.15, 0.2) is 0 Å². The van der Waals surface area contributed by atoms with Crippen molar-refractivity contribution in [3.05, 3.63) is 0 Å². The third-order valence-electron chi connectivity index (χ3n) is 0.167. The first kappa shape index (κ1) is 6.92. The molecule has 0 aromatic rings. The van der Waals surface area contributed by atoms with E-state index in [0.29, 0.717) is 0 Å². The molecule has 5 nitrogen and oxygen atoms in total. The Bertz CT molecular complexity index is 125. The van der Waals surface area contributed by atoms with Crippen molar-refractivity contribution < 1.29 is 43.2 Å². The van der Waals surface area contributed by atoms with Crippen LogP contribution in [0.25, 0.3) is 0 Å². The van der Waals surface area contributed by atoms with E-state index in [-0.39, 0.29) is 0 Å². The van der Waals surface area contributed by atoms with E-state index in [9.17, 15) is 4.47 Å². The third-order valence-corrected chi connectivity index (χ3v) is 1.55. The molecule has 6 heteroatoms. The van der Waals surface area contributed by atoms with Crippen molar-refractivity contribution >= 4 is 6.16 Å². The molecular formula is CO5U. The van der Waals surface area contributed by atoms with E-state index in [2.05, 4.69) is 2.24 Å². The van der Waals surface area contributed by atoms with Crippen LogP contribution < -0.4 is 0 Å². The standard InChI is InChI=1S/CHO3.2O.U/c2-1(3)4;;;/h(H,2,3);;;/q;;;+1/p-1. The van der Waals surface area contributed by atoms with Gasteiger partial charge in [-0.05, 0) is 0 Å². The van der Waals surface area contributed by atoms with Crippen LogP contribution in [0.3, 0.4) is 0 Å². The molecule has 0 N–H and O–H groups in total. The summed E-state index contributed by atoms with van der Waals surface area (Å²) in [4.78, 5) is 9.13. The molecule has 0 unspecified atom stereocenters. The minimum atomic E-state index is -4.56. The zero-order valence-electron chi connectivity index (χ0n) is 3.04. The van der Waals surface area contributed by atoms with Crippen LogP contribution in [0.1, 0.15) is 0 Å². The van der Waals surface area contributed by atoms with Gasteiger partial charge in [0.25, 0.3) is 0 Å². The Morgan fingerprint density at radius 2 is 1.86 bits per heavy atom. The molecule has 1 radical (unpaired) electrons. The van der Waals surface area contributed by atoms with Crippen molar-refractivity contribution in [1.82, 2.24) is 0 Å². The third kappa shape index (κ3) is 5.92. The van der Waals surface area contributed by atoms with Crippen molar-refractivity contribution in [2.45, 2.75) is 0 Å². The molecule has 0 atom stereocenters. The van der Waals surface area contributed by atoms with Gasteiger partial charge < -0.3 is 0 Å². The Morgan fingerprint density at radius 3 is 1.86 bits per heavy atom. The predicted molar refractivity (Wildman–Crippen MR) is 8.54 cm³/mol. The Morgan fingerprint density at radius 1 is 1.43 bits per heavy atom. The summed E-state index contributed by atoms with van der Waals surface area (Å²) < 4.78 is 21.9. The van der Waals surface area contributed by atoms with Crippen molar-refractivity contribution in [3.63, 3.8) is 0 Å². The molecule has 0 heterocycles. The fraction of sp³-hybridized carbons (Fsp3) is 0. The summed E-state index contributed by atoms with van der Waals surface area (Å²) >= 11 is -4.56. The molecule has 0 fully saturated rings. The normalized spacial score (nSPS) is 7.43. The summed E-state index contributed by atoms with van der Waals surface area (Å²) in [5.74, 6) is 0. The average Bonchev–Trinajstić information content (AvgIpc) is 1.27. The predicted octanol–water partition coefficient (Wildman–Crippen LogP) is -0.220. The van der Waals surface area contributed by atoms with E-state index in [0.717, 1.165) is 0 Å². The zero-order valence-corrected chi connectivity index (χ0v) is 7.20. The Kier molecular flexibility index (Phi) is 2.96. The average molecular weight is 330 g/mol. The van der Waals surface area contributed by atoms with Gasteiger partial charge in [0, 0.05) is 0 Å². The van der Waals surface area contributed by atoms with E-state index < -0.39 is 32.8 Å². The van der Waals surface area contributed by atoms with E-state index in [4.69, 9.17) is 9.90 Å². The molecule has 0 aliphatic rings. The van der Waals surface area contributed by atoms with Gasteiger partial charge in [-0.3, -0.25) is 0 Å². The summed E-state index contributed by atoms with van der Waals surface area (Å²) in [6.07, 6.45) is -1.99. The molecule has 0 aromatic heterocycles. The van der Waals surface area contributed by atoms with Crippen LogP contribution in [-0.4, -0.2) is 6.16 Å².